The minimum Gasteiger partial charge on any atom is -0.448 e. The highest BCUT2D eigenvalue weighted by Crippen LogP contribution is 2.46. The Hall–Kier alpha value is -7.61. The summed E-state index contributed by atoms with van der Waals surface area (Å²) >= 11 is 3.48. The Bertz CT molecular complexity index is 2870. The van der Waals surface area contributed by atoms with Crippen molar-refractivity contribution in [1.82, 2.24) is 35.8 Å². The van der Waals surface area contributed by atoms with Gasteiger partial charge in [0.15, 0.2) is 16.9 Å². The van der Waals surface area contributed by atoms with Crippen molar-refractivity contribution in [2.24, 2.45) is 5.16 Å². The molecule has 0 aliphatic carbocycles. The average Bonchev–Trinajstić information content (AvgIpc) is 4.07. The van der Waals surface area contributed by atoms with Gasteiger partial charge in [-0.2, -0.15) is 5.21 Å². The van der Waals surface area contributed by atoms with Crippen molar-refractivity contribution in [3.63, 3.8) is 0 Å². The van der Waals surface area contributed by atoms with Crippen LogP contribution in [-0.2, 0) is 34.3 Å². The van der Waals surface area contributed by atoms with E-state index in [1.165, 1.54) is 16.7 Å². The minimum atomic E-state index is -1.40. The molecule has 0 spiro atoms. The number of anilines is 1. The molecular weight excluding hydrogens is 947 g/mol. The van der Waals surface area contributed by atoms with Crippen molar-refractivity contribution >= 4 is 69.6 Å². The number of nitrogens with one attached hydrogen (secondary N) is 3. The number of nitrogens with zero attached hydrogens (tertiary/aromatic N) is 6. The number of amides is 3. The zero-order chi connectivity index (χ0) is 48.7. The second-order valence-electron chi connectivity index (χ2n) is 16.9. The van der Waals surface area contributed by atoms with Gasteiger partial charge in [-0.15, -0.1) is 33.3 Å². The number of oxime groups is 1. The highest BCUT2D eigenvalue weighted by molar-refractivity contribution is 8.01. The van der Waals surface area contributed by atoms with E-state index in [9.17, 15) is 14.4 Å². The van der Waals surface area contributed by atoms with Gasteiger partial charge in [-0.05, 0) is 37.1 Å². The van der Waals surface area contributed by atoms with Crippen LogP contribution in [0.15, 0.2) is 179 Å². The molecule has 16 nitrogen and oxygen atoms in total. The summed E-state index contributed by atoms with van der Waals surface area (Å²) in [4.78, 5) is 69.6. The largest absolute Gasteiger partial charge is 0.448 e. The Morgan fingerprint density at radius 1 is 0.829 bits per heavy atom. The average molecular weight is 992 g/mol. The van der Waals surface area contributed by atoms with Crippen molar-refractivity contribution in [2.45, 2.75) is 60.4 Å². The van der Waals surface area contributed by atoms with E-state index in [1.54, 1.807) is 26.2 Å². The van der Waals surface area contributed by atoms with Crippen LogP contribution in [0.3, 0.4) is 0 Å². The van der Waals surface area contributed by atoms with Crippen LogP contribution in [-0.4, -0.2) is 82.2 Å². The van der Waals surface area contributed by atoms with E-state index in [-0.39, 0.29) is 45.5 Å². The number of aromatic amines is 1. The topological polar surface area (TPSA) is 203 Å². The number of carbonyl (C=O) groups excluding carboxylic acids is 4. The predicted octanol–water partition coefficient (Wildman–Crippen LogP) is 8.84. The second-order valence-corrected chi connectivity index (χ2v) is 19.9. The van der Waals surface area contributed by atoms with Crippen molar-refractivity contribution in [3.05, 3.63) is 202 Å². The molecule has 7 aromatic rings. The third-order valence-electron chi connectivity index (χ3n) is 11.0. The molecule has 2 atom stereocenters. The van der Waals surface area contributed by atoms with E-state index < -0.39 is 46.0 Å². The Morgan fingerprint density at radius 2 is 1.39 bits per heavy atom. The minimum absolute atomic E-state index is 0.0124. The molecule has 1 fully saturated rings. The molecule has 2 aliphatic heterocycles. The number of hydrogen-bond donors (Lipinski definition) is 3. The fourth-order valence-electron chi connectivity index (χ4n) is 7.89. The number of hydrogen-bond acceptors (Lipinski definition) is 15. The van der Waals surface area contributed by atoms with Gasteiger partial charge in [-0.25, -0.2) is 14.6 Å². The maximum absolute atomic E-state index is 15.3. The molecule has 354 valence electrons. The molecule has 3 amide bonds. The molecule has 5 aromatic carbocycles. The third-order valence-corrected chi connectivity index (χ3v) is 14.0. The van der Waals surface area contributed by atoms with Gasteiger partial charge in [-0.1, -0.05) is 169 Å². The number of thioether (sulfide) groups is 2. The lowest BCUT2D eigenvalue weighted by Gasteiger charge is -2.47. The molecule has 70 heavy (non-hydrogen) atoms. The Morgan fingerprint density at radius 3 is 1.90 bits per heavy atom. The lowest BCUT2D eigenvalue weighted by atomic mass is 9.80. The molecule has 2 aromatic heterocycles. The summed E-state index contributed by atoms with van der Waals surface area (Å²) in [5.74, 6) is -1.76. The number of β-lactam (4-membered cyclic amide) rings is 1. The number of ether oxygens (including phenoxy) is 2. The number of esters is 1. The Kier molecular flexibility index (Phi) is 14.2. The Balaban J connectivity index is 1.14. The standard InChI is InChI=1S/C51H45N9O7S3/c1-50(2,3)66-49(64)54-47-52-38(31-69-47)41(57-67-51(34-23-13-6-14-24-34,35-25-15-7-16-26-35)36-27-17-8-18-28-36)44(62)53-45-37(30-68-48-55-58-59-56-48)42(60-39(61)29-40(60)70-45)46(63)65-43(32-19-9-4-10-20-32)33-21-11-5-12-22-33/h4-28,31,40,43,45H,29-30H2,1-3H3,(H,53,62)(H,52,54,64)(H,55,56,58,59)/b57-41-. The number of carbonyl (C=O) groups is 4. The van der Waals surface area contributed by atoms with E-state index in [0.717, 1.165) is 39.8 Å². The lowest BCUT2D eigenvalue weighted by molar-refractivity contribution is -0.152. The summed E-state index contributed by atoms with van der Waals surface area (Å²) in [6.07, 6.45) is -1.48. The summed E-state index contributed by atoms with van der Waals surface area (Å²) < 4.78 is 11.9. The number of aromatic nitrogens is 5. The highest BCUT2D eigenvalue weighted by Gasteiger charge is 2.50. The summed E-state index contributed by atoms with van der Waals surface area (Å²) in [7, 11) is 0. The van der Waals surface area contributed by atoms with Gasteiger partial charge < -0.3 is 19.6 Å². The van der Waals surface area contributed by atoms with Gasteiger partial charge in [0.25, 0.3) is 5.91 Å². The number of fused-ring (bicyclic) bond motifs is 1. The van der Waals surface area contributed by atoms with E-state index in [4.69, 9.17) is 19.5 Å². The summed E-state index contributed by atoms with van der Waals surface area (Å²) in [5.41, 5.74) is 1.55. The van der Waals surface area contributed by atoms with Crippen LogP contribution < -0.4 is 10.6 Å². The maximum Gasteiger partial charge on any atom is 0.413 e. The van der Waals surface area contributed by atoms with Crippen LogP contribution in [0, 0.1) is 0 Å². The number of rotatable bonds is 16. The molecule has 0 radical (unpaired) electrons. The molecule has 3 N–H and O–H groups in total. The van der Waals surface area contributed by atoms with Gasteiger partial charge in [-0.3, -0.25) is 19.8 Å². The first-order valence-electron chi connectivity index (χ1n) is 22.0. The molecule has 19 heteroatoms. The van der Waals surface area contributed by atoms with Crippen LogP contribution in [0.2, 0.25) is 0 Å². The number of H-pyrrole nitrogens is 1. The number of benzene rings is 5. The molecular formula is C51H45N9O7S3. The van der Waals surface area contributed by atoms with Gasteiger partial charge in [0, 0.05) is 33.4 Å². The first-order chi connectivity index (χ1) is 34.0. The zero-order valence-corrected chi connectivity index (χ0v) is 40.4. The highest BCUT2D eigenvalue weighted by atomic mass is 32.2. The smallest absolute Gasteiger partial charge is 0.413 e. The summed E-state index contributed by atoms with van der Waals surface area (Å²) in [6, 6.07) is 47.2. The monoisotopic (exact) mass is 991 g/mol. The van der Waals surface area contributed by atoms with E-state index in [2.05, 4.69) is 36.2 Å². The molecule has 2 aliphatic rings. The zero-order valence-electron chi connectivity index (χ0n) is 37.9. The third kappa shape index (κ3) is 10.5. The molecule has 4 heterocycles. The first-order valence-corrected chi connectivity index (χ1v) is 24.8. The van der Waals surface area contributed by atoms with Crippen molar-refractivity contribution in [3.8, 4) is 0 Å². The molecule has 0 saturated carbocycles. The summed E-state index contributed by atoms with van der Waals surface area (Å²) in [5, 5.41) is 25.3. The normalized spacial score (nSPS) is 16.0. The quantitative estimate of drug-likeness (QED) is 0.0207. The number of thiazole rings is 1. The van der Waals surface area contributed by atoms with E-state index in [0.29, 0.717) is 16.7 Å². The van der Waals surface area contributed by atoms with Gasteiger partial charge in [0.2, 0.25) is 16.7 Å². The van der Waals surface area contributed by atoms with Crippen LogP contribution in [0.4, 0.5) is 9.93 Å². The van der Waals surface area contributed by atoms with Crippen LogP contribution >= 0.6 is 34.9 Å². The van der Waals surface area contributed by atoms with Crippen molar-refractivity contribution in [1.29, 1.82) is 0 Å². The molecule has 9 rings (SSSR count). The summed E-state index contributed by atoms with van der Waals surface area (Å²) in [6.45, 7) is 5.23. The van der Waals surface area contributed by atoms with Crippen LogP contribution in [0.25, 0.3) is 0 Å². The SMILES string of the molecule is CC(C)(C)OC(=O)Nc1nc(/C(=N/OC(c2ccccc2)(c2ccccc2)c2ccccc2)C(=O)NC2SC3CC(=O)N3C(C(=O)OC(c3ccccc3)c3ccccc3)=C2CSc2nn[nH]n2)cs1. The Labute approximate surface area is 415 Å². The van der Waals surface area contributed by atoms with Gasteiger partial charge in [0.1, 0.15) is 22.4 Å². The maximum atomic E-state index is 15.3. The van der Waals surface area contributed by atoms with Crippen LogP contribution in [0.5, 0.6) is 0 Å². The van der Waals surface area contributed by atoms with Crippen LogP contribution in [0.1, 0.15) is 66.8 Å². The second kappa shape index (κ2) is 20.9. The van der Waals surface area contributed by atoms with Gasteiger partial charge >= 0.3 is 12.1 Å². The fourth-order valence-corrected chi connectivity index (χ4v) is 10.9. The molecule has 2 unspecified atom stereocenters. The van der Waals surface area contributed by atoms with E-state index >= 15 is 4.79 Å². The number of tetrazole rings is 1. The first kappa shape index (κ1) is 47.5. The molecule has 1 saturated heterocycles. The predicted molar refractivity (Wildman–Crippen MR) is 266 cm³/mol. The van der Waals surface area contributed by atoms with Crippen molar-refractivity contribution in [2.75, 3.05) is 11.1 Å². The lowest BCUT2D eigenvalue weighted by Crippen LogP contribution is -2.58. The molecule has 0 bridgehead atoms. The van der Waals surface area contributed by atoms with Gasteiger partial charge in [0.05, 0.1) is 11.8 Å². The fraction of sp³-hybridized carbons (Fsp3) is 0.196. The van der Waals surface area contributed by atoms with Crippen molar-refractivity contribution < 1.29 is 33.5 Å². The van der Waals surface area contributed by atoms with E-state index in [1.807, 2.05) is 152 Å².